The molecule has 0 amide bonds. The van der Waals surface area contributed by atoms with Crippen LogP contribution in [0.5, 0.6) is 0 Å². The van der Waals surface area contributed by atoms with E-state index in [9.17, 15) is 43.2 Å². The SMILES string of the molecule is CC/C=C\C/C=C\C/C=C\C/C=C\CCCCCCCCC(=O)OCC(COP(=O)(O)OCC(O)COP(=O)(O)OCC(COC(=O)CCCCCCC/C=C\C/C=C\CCCCC)OC(=O)CCCCCCCCCCCCCCC)OC(=O)CCCC/C=C\C/C=C\C/C=C\C/C=C\CC. The number of phosphoric ester groups is 2. The molecule has 5 unspecified atom stereocenters. The van der Waals surface area contributed by atoms with Crippen molar-refractivity contribution < 1.29 is 80.2 Å². The van der Waals surface area contributed by atoms with Crippen molar-refractivity contribution in [2.45, 2.75) is 341 Å². The summed E-state index contributed by atoms with van der Waals surface area (Å²) in [5, 5.41) is 10.6. The number of esters is 4. The summed E-state index contributed by atoms with van der Waals surface area (Å²) in [4.78, 5) is 73.0. The third-order valence-corrected chi connectivity index (χ3v) is 18.3. The van der Waals surface area contributed by atoms with Crippen molar-refractivity contribution in [3.8, 4) is 0 Å². The second kappa shape index (κ2) is 74.7. The first-order valence-corrected chi connectivity index (χ1v) is 42.8. The first-order chi connectivity index (χ1) is 49.7. The molecular formula is C83H142O17P2. The largest absolute Gasteiger partial charge is 0.472 e. The van der Waals surface area contributed by atoms with E-state index in [0.29, 0.717) is 32.1 Å². The normalized spacial score (nSPS) is 14.5. The van der Waals surface area contributed by atoms with E-state index < -0.39 is 97.5 Å². The number of rotatable bonds is 74. The maximum absolute atomic E-state index is 13.1. The molecule has 0 aromatic rings. The van der Waals surface area contributed by atoms with Gasteiger partial charge in [0.1, 0.15) is 19.3 Å². The molecule has 0 aliphatic rings. The Hall–Kier alpha value is -4.54. The zero-order chi connectivity index (χ0) is 74.6. The minimum Gasteiger partial charge on any atom is -0.462 e. The Morgan fingerprint density at radius 2 is 0.510 bits per heavy atom. The van der Waals surface area contributed by atoms with Gasteiger partial charge in [0.05, 0.1) is 26.4 Å². The first kappa shape index (κ1) is 97.5. The van der Waals surface area contributed by atoms with Crippen molar-refractivity contribution in [3.63, 3.8) is 0 Å². The molecule has 17 nitrogen and oxygen atoms in total. The molecule has 0 radical (unpaired) electrons. The van der Waals surface area contributed by atoms with Crippen LogP contribution < -0.4 is 0 Å². The summed E-state index contributed by atoms with van der Waals surface area (Å²) in [6, 6.07) is 0. The highest BCUT2D eigenvalue weighted by atomic mass is 31.2. The van der Waals surface area contributed by atoms with Crippen molar-refractivity contribution in [2.24, 2.45) is 0 Å². The molecule has 0 aliphatic heterocycles. The fraction of sp³-hybridized carbons (Fsp3) is 0.711. The van der Waals surface area contributed by atoms with Gasteiger partial charge in [-0.1, -0.05) is 284 Å². The van der Waals surface area contributed by atoms with Crippen LogP contribution in [0, 0.1) is 0 Å². The maximum atomic E-state index is 13.1. The number of carbonyl (C=O) groups excluding carboxylic acids is 4. The van der Waals surface area contributed by atoms with Crippen molar-refractivity contribution >= 4 is 39.5 Å². The lowest BCUT2D eigenvalue weighted by Crippen LogP contribution is -2.30. The van der Waals surface area contributed by atoms with Crippen LogP contribution in [0.2, 0.25) is 0 Å². The maximum Gasteiger partial charge on any atom is 0.472 e. The summed E-state index contributed by atoms with van der Waals surface area (Å²) in [7, 11) is -9.97. The molecule has 586 valence electrons. The second-order valence-electron chi connectivity index (χ2n) is 26.2. The predicted octanol–water partition coefficient (Wildman–Crippen LogP) is 23.1. The van der Waals surface area contributed by atoms with Crippen LogP contribution in [0.25, 0.3) is 0 Å². The van der Waals surface area contributed by atoms with Crippen LogP contribution in [0.4, 0.5) is 0 Å². The Labute approximate surface area is 619 Å². The average molecular weight is 1470 g/mol. The molecule has 0 bridgehead atoms. The molecule has 0 rings (SSSR count). The van der Waals surface area contributed by atoms with E-state index in [1.807, 2.05) is 0 Å². The fourth-order valence-corrected chi connectivity index (χ4v) is 12.0. The highest BCUT2D eigenvalue weighted by molar-refractivity contribution is 7.47. The van der Waals surface area contributed by atoms with Gasteiger partial charge in [0.2, 0.25) is 0 Å². The molecule has 0 spiro atoms. The lowest BCUT2D eigenvalue weighted by Gasteiger charge is -2.21. The van der Waals surface area contributed by atoms with Crippen LogP contribution in [-0.4, -0.2) is 96.7 Å². The molecule has 0 aromatic heterocycles. The molecule has 0 fully saturated rings. The average Bonchev–Trinajstić information content (AvgIpc) is 0.924. The standard InChI is InChI=1S/C83H142O17P2/c1-5-9-13-17-21-25-29-33-36-37-38-39-42-45-48-52-56-60-64-68-81(86)94-74-79(100-83(88)70-66-62-58-54-50-46-41-35-31-27-23-19-15-11-7-3)76-98-102(91,92)96-72-77(84)71-95-101(89,90)97-75-78(99-82(87)69-65-61-57-53-49-43-32-28-24-20-16-12-8-4)73-93-80(85)67-63-59-55-51-47-44-40-34-30-26-22-18-14-10-6-2/h9,11,13,15,21-23,25-27,33-36,38-41,50,54,77-79,84H,5-8,10,12,14,16-20,24,28-32,37,42-49,51-53,55-76H2,1-4H3,(H,89,90)(H,91,92)/b13-9-,15-11-,25-21-,26-22-,27-23-,36-33-,39-38-,40-34-,41-35-,54-50-. The molecule has 0 saturated heterocycles. The second-order valence-corrected chi connectivity index (χ2v) is 29.2. The third kappa shape index (κ3) is 73.8. The molecule has 0 aromatic carbocycles. The van der Waals surface area contributed by atoms with E-state index in [2.05, 4.69) is 149 Å². The highest BCUT2D eigenvalue weighted by Crippen LogP contribution is 2.45. The monoisotopic (exact) mass is 1470 g/mol. The van der Waals surface area contributed by atoms with Gasteiger partial charge in [0.25, 0.3) is 0 Å². The summed E-state index contributed by atoms with van der Waals surface area (Å²) in [5.41, 5.74) is 0. The number of aliphatic hydroxyl groups is 1. The molecule has 102 heavy (non-hydrogen) atoms. The molecule has 0 aliphatic carbocycles. The van der Waals surface area contributed by atoms with Crippen LogP contribution in [0.15, 0.2) is 122 Å². The third-order valence-electron chi connectivity index (χ3n) is 16.4. The first-order valence-electron chi connectivity index (χ1n) is 39.8. The minimum atomic E-state index is -4.99. The molecule has 5 atom stereocenters. The summed E-state index contributed by atoms with van der Waals surface area (Å²) < 4.78 is 68.5. The van der Waals surface area contributed by atoms with Gasteiger partial charge >= 0.3 is 39.5 Å². The number of hydrogen-bond acceptors (Lipinski definition) is 15. The van der Waals surface area contributed by atoms with Gasteiger partial charge in [0, 0.05) is 25.7 Å². The highest BCUT2D eigenvalue weighted by Gasteiger charge is 2.30. The zero-order valence-electron chi connectivity index (χ0n) is 64.0. The van der Waals surface area contributed by atoms with Crippen molar-refractivity contribution in [1.82, 2.24) is 0 Å². The van der Waals surface area contributed by atoms with Gasteiger partial charge < -0.3 is 33.8 Å². The van der Waals surface area contributed by atoms with Gasteiger partial charge in [-0.2, -0.15) is 0 Å². The van der Waals surface area contributed by atoms with Gasteiger partial charge in [-0.25, -0.2) is 9.13 Å². The Bertz CT molecular complexity index is 2410. The number of aliphatic hydroxyl groups excluding tert-OH is 1. The summed E-state index contributed by atoms with van der Waals surface area (Å²) in [6.07, 6.45) is 81.8. The van der Waals surface area contributed by atoms with E-state index >= 15 is 0 Å². The number of allylic oxidation sites excluding steroid dienone is 20. The van der Waals surface area contributed by atoms with Gasteiger partial charge in [-0.3, -0.25) is 37.3 Å². The van der Waals surface area contributed by atoms with Crippen molar-refractivity contribution in [3.05, 3.63) is 122 Å². The molecule has 3 N–H and O–H groups in total. The number of carbonyl (C=O) groups is 4. The lowest BCUT2D eigenvalue weighted by molar-refractivity contribution is -0.161. The van der Waals surface area contributed by atoms with Gasteiger partial charge in [-0.15, -0.1) is 0 Å². The molecule has 19 heteroatoms. The Balaban J connectivity index is 5.39. The quantitative estimate of drug-likeness (QED) is 0.0169. The van der Waals surface area contributed by atoms with E-state index in [-0.39, 0.29) is 25.7 Å². The Morgan fingerprint density at radius 3 is 0.824 bits per heavy atom. The van der Waals surface area contributed by atoms with Crippen molar-refractivity contribution in [2.75, 3.05) is 39.6 Å². The zero-order valence-corrected chi connectivity index (χ0v) is 65.8. The number of phosphoric acid groups is 2. The van der Waals surface area contributed by atoms with Crippen LogP contribution in [0.1, 0.15) is 323 Å². The Kier molecular flexibility index (Phi) is 71.4. The van der Waals surface area contributed by atoms with E-state index in [1.54, 1.807) is 0 Å². The van der Waals surface area contributed by atoms with Crippen LogP contribution in [0.3, 0.4) is 0 Å². The minimum absolute atomic E-state index is 0.0370. The van der Waals surface area contributed by atoms with Crippen LogP contribution in [-0.2, 0) is 65.4 Å². The summed E-state index contributed by atoms with van der Waals surface area (Å²) >= 11 is 0. The van der Waals surface area contributed by atoms with Crippen LogP contribution >= 0.6 is 15.6 Å². The smallest absolute Gasteiger partial charge is 0.462 e. The topological polar surface area (TPSA) is 237 Å². The van der Waals surface area contributed by atoms with E-state index in [1.165, 1.54) is 70.6 Å². The molecule has 0 saturated carbocycles. The number of ether oxygens (including phenoxy) is 4. The van der Waals surface area contributed by atoms with Crippen molar-refractivity contribution in [1.29, 1.82) is 0 Å². The predicted molar refractivity (Wildman–Crippen MR) is 418 cm³/mol. The Morgan fingerprint density at radius 1 is 0.284 bits per heavy atom. The van der Waals surface area contributed by atoms with E-state index in [4.69, 9.17) is 37.0 Å². The summed E-state index contributed by atoms with van der Waals surface area (Å²) in [6.45, 7) is 4.56. The molecular weight excluding hydrogens is 1330 g/mol. The number of unbranched alkanes of at least 4 members (excludes halogenated alkanes) is 28. The lowest BCUT2D eigenvalue weighted by atomic mass is 10.0. The van der Waals surface area contributed by atoms with Gasteiger partial charge in [0.15, 0.2) is 12.2 Å². The summed E-state index contributed by atoms with van der Waals surface area (Å²) in [5.74, 6) is -2.24. The fourth-order valence-electron chi connectivity index (χ4n) is 10.4. The number of hydrogen-bond donors (Lipinski definition) is 3. The van der Waals surface area contributed by atoms with E-state index in [0.717, 1.165) is 167 Å². The van der Waals surface area contributed by atoms with Gasteiger partial charge in [-0.05, 0) is 135 Å². The molecule has 0 heterocycles.